The Morgan fingerprint density at radius 3 is 2.56 bits per heavy atom. The number of phenols is 1. The topological polar surface area (TPSA) is 114 Å². The zero-order valence-electron chi connectivity index (χ0n) is 7.77. The van der Waals surface area contributed by atoms with Gasteiger partial charge in [-0.15, -0.1) is 4.28 Å². The van der Waals surface area contributed by atoms with Crippen LogP contribution in [0, 0.1) is 0 Å². The van der Waals surface area contributed by atoms with E-state index in [1.54, 1.807) is 0 Å². The molecule has 1 aliphatic heterocycles. The highest BCUT2D eigenvalue weighted by Gasteiger charge is 2.28. The Bertz CT molecular complexity index is 523. The Hall–Kier alpha value is -2.00. The van der Waals surface area contributed by atoms with Crippen LogP contribution in [0.3, 0.4) is 0 Å². The van der Waals surface area contributed by atoms with E-state index in [0.29, 0.717) is 0 Å². The molecule has 1 heterocycles. The fourth-order valence-electron chi connectivity index (χ4n) is 1.03. The van der Waals surface area contributed by atoms with E-state index in [9.17, 15) is 8.42 Å². The molecule has 0 radical (unpaired) electrons. The molecule has 16 heavy (non-hydrogen) atoms. The molecular weight excluding hydrogens is 238 g/mol. The minimum atomic E-state index is -4.23. The Morgan fingerprint density at radius 2 is 1.94 bits per heavy atom. The third kappa shape index (κ3) is 1.99. The van der Waals surface area contributed by atoms with Gasteiger partial charge in [-0.05, 0) is 29.4 Å². The zero-order chi connectivity index (χ0) is 11.8. The summed E-state index contributed by atoms with van der Waals surface area (Å²) in [6.45, 7) is 0. The lowest BCUT2D eigenvalue weighted by Gasteiger charge is -2.22. The van der Waals surface area contributed by atoms with Gasteiger partial charge in [-0.25, -0.2) is 4.28 Å². The Balaban J connectivity index is 2.37. The number of guanidine groups is 1. The Morgan fingerprint density at radius 1 is 1.31 bits per heavy atom. The smallest absolute Gasteiger partial charge is 0.491 e. The molecular formula is C7H7N3O5S. The maximum atomic E-state index is 10.9. The van der Waals surface area contributed by atoms with Crippen LogP contribution in [0.1, 0.15) is 0 Å². The molecule has 0 fully saturated rings. The van der Waals surface area contributed by atoms with E-state index in [2.05, 4.69) is 13.7 Å². The van der Waals surface area contributed by atoms with Gasteiger partial charge in [0, 0.05) is 0 Å². The molecule has 9 heteroatoms. The summed E-state index contributed by atoms with van der Waals surface area (Å²) >= 11 is 0. The van der Waals surface area contributed by atoms with E-state index in [1.807, 2.05) is 0 Å². The van der Waals surface area contributed by atoms with Gasteiger partial charge in [0.05, 0.1) is 5.69 Å². The summed E-state index contributed by atoms with van der Waals surface area (Å²) in [7, 11) is -4.23. The van der Waals surface area contributed by atoms with Gasteiger partial charge in [-0.3, -0.25) is 0 Å². The van der Waals surface area contributed by atoms with Crippen molar-refractivity contribution in [2.45, 2.75) is 0 Å². The summed E-state index contributed by atoms with van der Waals surface area (Å²) < 4.78 is 30.3. The molecule has 1 aliphatic rings. The third-order valence-electron chi connectivity index (χ3n) is 1.68. The first-order valence-corrected chi connectivity index (χ1v) is 5.37. The number of oxime groups is 1. The van der Waals surface area contributed by atoms with Crippen LogP contribution in [0.5, 0.6) is 5.75 Å². The molecule has 0 atom stereocenters. The van der Waals surface area contributed by atoms with Crippen LogP contribution in [0.4, 0.5) is 5.69 Å². The van der Waals surface area contributed by atoms with E-state index in [1.165, 1.54) is 24.3 Å². The van der Waals surface area contributed by atoms with Crippen molar-refractivity contribution in [1.82, 2.24) is 0 Å². The van der Waals surface area contributed by atoms with Gasteiger partial charge in [0.15, 0.2) is 0 Å². The molecule has 0 amide bonds. The van der Waals surface area contributed by atoms with Crippen LogP contribution in [0.25, 0.3) is 0 Å². The molecule has 1 aromatic rings. The quantitative estimate of drug-likeness (QED) is 0.693. The number of hydroxylamine groups is 1. The summed E-state index contributed by atoms with van der Waals surface area (Å²) in [6, 6.07) is 5.49. The number of phenolic OH excluding ortho intramolecular Hbond substituents is 1. The molecule has 0 spiro atoms. The lowest BCUT2D eigenvalue weighted by molar-refractivity contribution is 0.202. The third-order valence-corrected chi connectivity index (χ3v) is 2.27. The molecule has 0 saturated carbocycles. The maximum absolute atomic E-state index is 10.9. The summed E-state index contributed by atoms with van der Waals surface area (Å²) in [6.07, 6.45) is 0. The van der Waals surface area contributed by atoms with Crippen molar-refractivity contribution >= 4 is 22.0 Å². The van der Waals surface area contributed by atoms with E-state index < -0.39 is 10.4 Å². The number of benzene rings is 1. The van der Waals surface area contributed by atoms with E-state index >= 15 is 0 Å². The second-order valence-electron chi connectivity index (χ2n) is 2.82. The van der Waals surface area contributed by atoms with Crippen molar-refractivity contribution in [1.29, 1.82) is 0 Å². The first kappa shape index (κ1) is 10.5. The van der Waals surface area contributed by atoms with Crippen LogP contribution in [0.15, 0.2) is 29.4 Å². The van der Waals surface area contributed by atoms with Crippen LogP contribution >= 0.6 is 0 Å². The molecule has 0 bridgehead atoms. The monoisotopic (exact) mass is 245 g/mol. The lowest BCUT2D eigenvalue weighted by Crippen LogP contribution is -2.42. The van der Waals surface area contributed by atoms with E-state index in [-0.39, 0.29) is 17.4 Å². The molecule has 0 unspecified atom stereocenters. The second-order valence-corrected chi connectivity index (χ2v) is 3.93. The SMILES string of the molecule is NC1=NOS(=O)(=O)ON1c1ccc(O)cc1. The Labute approximate surface area is 90.8 Å². The van der Waals surface area contributed by atoms with Crippen molar-refractivity contribution in [3.63, 3.8) is 0 Å². The molecule has 0 aromatic heterocycles. The maximum Gasteiger partial charge on any atom is 0.491 e. The van der Waals surface area contributed by atoms with Gasteiger partial charge in [0.2, 0.25) is 0 Å². The number of rotatable bonds is 1. The highest BCUT2D eigenvalue weighted by molar-refractivity contribution is 7.82. The van der Waals surface area contributed by atoms with Crippen molar-refractivity contribution in [2.24, 2.45) is 10.9 Å². The second kappa shape index (κ2) is 3.54. The standard InChI is InChI=1S/C7H7N3O5S/c8-7-9-14-16(12,13)15-10(7)5-1-3-6(11)4-2-5/h1-4,11H,(H2,8,9). The van der Waals surface area contributed by atoms with Crippen molar-refractivity contribution in [2.75, 3.05) is 5.06 Å². The van der Waals surface area contributed by atoms with Crippen molar-refractivity contribution < 1.29 is 22.1 Å². The largest absolute Gasteiger partial charge is 0.508 e. The fraction of sp³-hybridized carbons (Fsp3) is 0. The van der Waals surface area contributed by atoms with E-state index in [0.717, 1.165) is 5.06 Å². The van der Waals surface area contributed by atoms with Crippen LogP contribution in [-0.4, -0.2) is 19.5 Å². The van der Waals surface area contributed by atoms with Crippen molar-refractivity contribution in [3.8, 4) is 5.75 Å². The molecule has 0 saturated heterocycles. The summed E-state index contributed by atoms with van der Waals surface area (Å²) in [5, 5.41) is 12.9. The number of hydrogen-bond donors (Lipinski definition) is 2. The minimum Gasteiger partial charge on any atom is -0.508 e. The number of hydrogen-bond acceptors (Lipinski definition) is 8. The number of aromatic hydroxyl groups is 1. The lowest BCUT2D eigenvalue weighted by atomic mass is 10.3. The highest BCUT2D eigenvalue weighted by atomic mass is 32.3. The van der Waals surface area contributed by atoms with Gasteiger partial charge in [0.25, 0.3) is 5.96 Å². The Kier molecular flexibility index (Phi) is 2.33. The average molecular weight is 245 g/mol. The number of anilines is 1. The van der Waals surface area contributed by atoms with Gasteiger partial charge < -0.3 is 10.8 Å². The molecule has 3 N–H and O–H groups in total. The summed E-state index contributed by atoms with van der Waals surface area (Å²) in [4.78, 5) is 0. The summed E-state index contributed by atoms with van der Waals surface area (Å²) in [5.41, 5.74) is 5.65. The van der Waals surface area contributed by atoms with Crippen LogP contribution < -0.4 is 10.8 Å². The summed E-state index contributed by atoms with van der Waals surface area (Å²) in [5.74, 6) is -0.254. The fourth-order valence-corrected chi connectivity index (χ4v) is 1.57. The predicted molar refractivity (Wildman–Crippen MR) is 53.3 cm³/mol. The number of nitrogens with zero attached hydrogens (tertiary/aromatic N) is 2. The highest BCUT2D eigenvalue weighted by Crippen LogP contribution is 2.21. The molecule has 8 nitrogen and oxygen atoms in total. The predicted octanol–water partition coefficient (Wildman–Crippen LogP) is -0.365. The van der Waals surface area contributed by atoms with Crippen LogP contribution in [-0.2, 0) is 19.0 Å². The zero-order valence-corrected chi connectivity index (χ0v) is 8.59. The molecule has 1 aromatic carbocycles. The average Bonchev–Trinajstić information content (AvgIpc) is 2.23. The molecule has 0 aliphatic carbocycles. The number of nitrogens with two attached hydrogens (primary N) is 1. The first-order chi connectivity index (χ1) is 7.48. The minimum absolute atomic E-state index is 0.0235. The van der Waals surface area contributed by atoms with E-state index in [4.69, 9.17) is 10.8 Å². The van der Waals surface area contributed by atoms with Crippen molar-refractivity contribution in [3.05, 3.63) is 24.3 Å². The molecule has 2 rings (SSSR count). The van der Waals surface area contributed by atoms with Gasteiger partial charge in [0.1, 0.15) is 5.75 Å². The molecule has 86 valence electrons. The van der Waals surface area contributed by atoms with Gasteiger partial charge >= 0.3 is 10.4 Å². The van der Waals surface area contributed by atoms with Crippen LogP contribution in [0.2, 0.25) is 0 Å². The first-order valence-electron chi connectivity index (χ1n) is 4.04. The van der Waals surface area contributed by atoms with Gasteiger partial charge in [-0.1, -0.05) is 0 Å². The van der Waals surface area contributed by atoms with Gasteiger partial charge in [-0.2, -0.15) is 13.5 Å². The normalized spacial score (nSPS) is 18.8.